The average Bonchev–Trinajstić information content (AvgIpc) is 2.28. The maximum atomic E-state index is 12.0. The smallest absolute Gasteiger partial charge is 0.309 e. The molecule has 0 aliphatic carbocycles. The quantitative estimate of drug-likeness (QED) is 0.785. The zero-order valence-electron chi connectivity index (χ0n) is 11.7. The molecular formula is C14H23NO3. The third-order valence-corrected chi connectivity index (χ3v) is 3.72. The van der Waals surface area contributed by atoms with Crippen LogP contribution in [0.1, 0.15) is 40.5 Å². The Hall–Kier alpha value is -1.32. The Morgan fingerprint density at radius 3 is 2.44 bits per heavy atom. The van der Waals surface area contributed by atoms with Crippen LogP contribution < -0.4 is 0 Å². The summed E-state index contributed by atoms with van der Waals surface area (Å²) < 4.78 is 0. The highest BCUT2D eigenvalue weighted by atomic mass is 16.4. The molecule has 0 aromatic heterocycles. The molecule has 0 aromatic carbocycles. The number of carboxylic acid groups (broad SMARTS) is 1. The molecule has 1 saturated heterocycles. The lowest BCUT2D eigenvalue weighted by Gasteiger charge is -2.38. The van der Waals surface area contributed by atoms with Crippen LogP contribution in [0.15, 0.2) is 11.6 Å². The van der Waals surface area contributed by atoms with Crippen molar-refractivity contribution in [3.8, 4) is 0 Å². The number of nitrogens with zero attached hydrogens (tertiary/aromatic N) is 1. The van der Waals surface area contributed by atoms with Gasteiger partial charge in [-0.3, -0.25) is 9.59 Å². The van der Waals surface area contributed by atoms with Crippen molar-refractivity contribution in [1.29, 1.82) is 0 Å². The second-order valence-electron chi connectivity index (χ2n) is 5.87. The van der Waals surface area contributed by atoms with Crippen molar-refractivity contribution in [3.05, 3.63) is 11.6 Å². The van der Waals surface area contributed by atoms with Crippen LogP contribution in [0.5, 0.6) is 0 Å². The molecule has 0 bridgehead atoms. The molecular weight excluding hydrogens is 230 g/mol. The van der Waals surface area contributed by atoms with Crippen molar-refractivity contribution >= 4 is 11.9 Å². The molecule has 1 rings (SSSR count). The van der Waals surface area contributed by atoms with Crippen LogP contribution in [0.25, 0.3) is 0 Å². The summed E-state index contributed by atoms with van der Waals surface area (Å²) in [5, 5.41) is 9.25. The van der Waals surface area contributed by atoms with Gasteiger partial charge in [0.2, 0.25) is 5.91 Å². The van der Waals surface area contributed by atoms with E-state index in [4.69, 9.17) is 0 Å². The number of carbonyl (C=O) groups is 2. The first-order valence-corrected chi connectivity index (χ1v) is 6.42. The number of aliphatic carboxylic acids is 1. The maximum Gasteiger partial charge on any atom is 0.309 e. The topological polar surface area (TPSA) is 57.6 Å². The minimum absolute atomic E-state index is 0.000823. The highest BCUT2D eigenvalue weighted by Crippen LogP contribution is 2.34. The highest BCUT2D eigenvalue weighted by molar-refractivity contribution is 5.88. The molecule has 0 radical (unpaired) electrons. The molecule has 4 heteroatoms. The Balaban J connectivity index is 2.76. The summed E-state index contributed by atoms with van der Waals surface area (Å²) in [4.78, 5) is 25.0. The van der Waals surface area contributed by atoms with E-state index in [0.29, 0.717) is 6.54 Å². The number of piperidine rings is 1. The lowest BCUT2D eigenvalue weighted by molar-refractivity contribution is -0.152. The molecule has 102 valence electrons. The van der Waals surface area contributed by atoms with Crippen molar-refractivity contribution in [2.75, 3.05) is 13.1 Å². The predicted octanol–water partition coefficient (Wildman–Crippen LogP) is 2.30. The number of carbonyl (C=O) groups excluding carboxylic acids is 1. The number of carboxylic acids is 1. The van der Waals surface area contributed by atoms with Gasteiger partial charge in [-0.1, -0.05) is 5.57 Å². The molecule has 0 unspecified atom stereocenters. The fraction of sp³-hybridized carbons (Fsp3) is 0.714. The third kappa shape index (κ3) is 3.34. The van der Waals surface area contributed by atoms with Crippen molar-refractivity contribution in [2.45, 2.75) is 40.5 Å². The Bertz CT molecular complexity index is 367. The first kappa shape index (κ1) is 14.7. The summed E-state index contributed by atoms with van der Waals surface area (Å²) >= 11 is 0. The Morgan fingerprint density at radius 1 is 1.33 bits per heavy atom. The van der Waals surface area contributed by atoms with Crippen molar-refractivity contribution in [3.63, 3.8) is 0 Å². The van der Waals surface area contributed by atoms with Crippen LogP contribution in [-0.2, 0) is 9.59 Å². The summed E-state index contributed by atoms with van der Waals surface area (Å²) in [5.74, 6) is -0.761. The zero-order valence-corrected chi connectivity index (χ0v) is 11.7. The largest absolute Gasteiger partial charge is 0.481 e. The van der Waals surface area contributed by atoms with Crippen molar-refractivity contribution < 1.29 is 14.7 Å². The summed E-state index contributed by atoms with van der Waals surface area (Å²) in [7, 11) is 0. The van der Waals surface area contributed by atoms with Gasteiger partial charge in [0.05, 0.1) is 5.41 Å². The van der Waals surface area contributed by atoms with Crippen LogP contribution in [-0.4, -0.2) is 35.0 Å². The summed E-state index contributed by atoms with van der Waals surface area (Å²) in [6.07, 6.45) is 3.37. The van der Waals surface area contributed by atoms with Crippen molar-refractivity contribution in [2.24, 2.45) is 11.3 Å². The van der Waals surface area contributed by atoms with Crippen LogP contribution in [0.3, 0.4) is 0 Å². The molecule has 4 nitrogen and oxygen atoms in total. The molecule has 0 saturated carbocycles. The van der Waals surface area contributed by atoms with Crippen molar-refractivity contribution in [1.82, 2.24) is 4.90 Å². The van der Waals surface area contributed by atoms with Crippen LogP contribution in [0.2, 0.25) is 0 Å². The first-order valence-electron chi connectivity index (χ1n) is 6.42. The van der Waals surface area contributed by atoms with E-state index in [0.717, 1.165) is 25.0 Å². The standard InChI is InChI=1S/C14H23NO3/c1-10(2)8-12(16)15-7-5-6-11(9-15)14(3,4)13(17)18/h8,11H,5-7,9H2,1-4H3,(H,17,18)/t11-/m0/s1. The second-order valence-corrected chi connectivity index (χ2v) is 5.87. The van der Waals surface area contributed by atoms with Gasteiger partial charge in [0.25, 0.3) is 0 Å². The normalized spacial score (nSPS) is 20.4. The van der Waals surface area contributed by atoms with Gasteiger partial charge in [0.1, 0.15) is 0 Å². The maximum absolute atomic E-state index is 12.0. The first-order chi connectivity index (χ1) is 8.25. The molecule has 0 aromatic rings. The fourth-order valence-corrected chi connectivity index (χ4v) is 2.28. The van der Waals surface area contributed by atoms with Gasteiger partial charge < -0.3 is 10.0 Å². The number of rotatable bonds is 3. The van der Waals surface area contributed by atoms with Gasteiger partial charge >= 0.3 is 5.97 Å². The zero-order chi connectivity index (χ0) is 13.9. The number of amides is 1. The Labute approximate surface area is 109 Å². The van der Waals surface area contributed by atoms with E-state index in [1.54, 1.807) is 24.8 Å². The van der Waals surface area contributed by atoms with E-state index in [-0.39, 0.29) is 11.8 Å². The Kier molecular flexibility index (Phi) is 4.54. The number of hydrogen-bond donors (Lipinski definition) is 1. The molecule has 1 atom stereocenters. The lowest BCUT2D eigenvalue weighted by Crippen LogP contribution is -2.46. The molecule has 1 amide bonds. The van der Waals surface area contributed by atoms with E-state index in [9.17, 15) is 14.7 Å². The molecule has 1 fully saturated rings. The third-order valence-electron chi connectivity index (χ3n) is 3.72. The molecule has 1 aliphatic heterocycles. The molecule has 18 heavy (non-hydrogen) atoms. The van der Waals surface area contributed by atoms with Gasteiger partial charge in [-0.25, -0.2) is 0 Å². The molecule has 0 spiro atoms. The minimum Gasteiger partial charge on any atom is -0.481 e. The van der Waals surface area contributed by atoms with Gasteiger partial charge in [-0.05, 0) is 46.5 Å². The highest BCUT2D eigenvalue weighted by Gasteiger charge is 2.39. The fourth-order valence-electron chi connectivity index (χ4n) is 2.28. The average molecular weight is 253 g/mol. The second kappa shape index (κ2) is 5.55. The number of allylic oxidation sites excluding steroid dienone is 1. The molecule has 1 aliphatic rings. The van der Waals surface area contributed by atoms with Crippen LogP contribution in [0, 0.1) is 11.3 Å². The molecule has 1 N–H and O–H groups in total. The summed E-state index contributed by atoms with van der Waals surface area (Å²) in [6, 6.07) is 0. The number of hydrogen-bond acceptors (Lipinski definition) is 2. The van der Waals surface area contributed by atoms with Gasteiger partial charge in [-0.15, -0.1) is 0 Å². The summed E-state index contributed by atoms with van der Waals surface area (Å²) in [6.45, 7) is 8.54. The van der Waals surface area contributed by atoms with E-state index in [2.05, 4.69) is 0 Å². The SMILES string of the molecule is CC(C)=CC(=O)N1CCC[C@H](C(C)(C)C(=O)O)C1. The predicted molar refractivity (Wildman–Crippen MR) is 70.2 cm³/mol. The van der Waals surface area contributed by atoms with Crippen LogP contribution in [0.4, 0.5) is 0 Å². The van der Waals surface area contributed by atoms with Gasteiger partial charge in [0.15, 0.2) is 0 Å². The van der Waals surface area contributed by atoms with E-state index in [1.165, 1.54) is 0 Å². The Morgan fingerprint density at radius 2 is 1.94 bits per heavy atom. The van der Waals surface area contributed by atoms with E-state index in [1.807, 2.05) is 13.8 Å². The van der Waals surface area contributed by atoms with Gasteiger partial charge in [-0.2, -0.15) is 0 Å². The monoisotopic (exact) mass is 253 g/mol. The number of likely N-dealkylation sites (tertiary alicyclic amines) is 1. The lowest BCUT2D eigenvalue weighted by atomic mass is 9.74. The van der Waals surface area contributed by atoms with Crippen LogP contribution >= 0.6 is 0 Å². The van der Waals surface area contributed by atoms with E-state index >= 15 is 0 Å². The summed E-state index contributed by atoms with van der Waals surface area (Å²) in [5.41, 5.74) is 0.198. The minimum atomic E-state index is -0.788. The van der Waals surface area contributed by atoms with E-state index < -0.39 is 11.4 Å². The molecule has 1 heterocycles. The van der Waals surface area contributed by atoms with Gasteiger partial charge in [0, 0.05) is 19.2 Å².